The summed E-state index contributed by atoms with van der Waals surface area (Å²) < 4.78 is 15.4. The topological polar surface area (TPSA) is 60.7 Å². The molecule has 0 aliphatic rings. The number of carbonyl (C=O) groups is 1. The van der Waals surface area contributed by atoms with Gasteiger partial charge in [-0.25, -0.2) is 0 Å². The number of hydrogen-bond acceptors (Lipinski definition) is 5. The lowest BCUT2D eigenvalue weighted by molar-refractivity contribution is 0.102. The predicted octanol–water partition coefficient (Wildman–Crippen LogP) is 3.11. The van der Waals surface area contributed by atoms with Crippen molar-refractivity contribution in [2.75, 3.05) is 19.5 Å². The highest BCUT2D eigenvalue weighted by atomic mass is 16.5. The molecular formula is C15H15NO4. The van der Waals surface area contributed by atoms with E-state index >= 15 is 0 Å². The molecule has 2 aromatic rings. The van der Waals surface area contributed by atoms with E-state index in [0.717, 1.165) is 0 Å². The molecule has 0 aliphatic heterocycles. The number of allylic oxidation sites excluding steroid dienone is 1. The second-order valence-corrected chi connectivity index (χ2v) is 3.89. The molecule has 2 rings (SSSR count). The maximum atomic E-state index is 11.7. The van der Waals surface area contributed by atoms with Gasteiger partial charge in [-0.3, -0.25) is 4.79 Å². The van der Waals surface area contributed by atoms with E-state index in [9.17, 15) is 4.79 Å². The van der Waals surface area contributed by atoms with E-state index in [1.54, 1.807) is 44.6 Å². The number of furan rings is 1. The fourth-order valence-electron chi connectivity index (χ4n) is 1.63. The SMILES string of the molecule is COc1ccc(OC)c(NC=CC(=O)c2ccco2)c1. The molecule has 0 saturated carbocycles. The van der Waals surface area contributed by atoms with Crippen LogP contribution in [-0.4, -0.2) is 20.0 Å². The van der Waals surface area contributed by atoms with Crippen molar-refractivity contribution in [3.8, 4) is 11.5 Å². The Morgan fingerprint density at radius 1 is 1.25 bits per heavy atom. The van der Waals surface area contributed by atoms with Crippen LogP contribution >= 0.6 is 0 Å². The molecule has 5 heteroatoms. The molecule has 5 nitrogen and oxygen atoms in total. The van der Waals surface area contributed by atoms with E-state index < -0.39 is 0 Å². The first-order valence-electron chi connectivity index (χ1n) is 5.97. The van der Waals surface area contributed by atoms with Crippen molar-refractivity contribution in [3.05, 3.63) is 54.6 Å². The molecule has 20 heavy (non-hydrogen) atoms. The van der Waals surface area contributed by atoms with Gasteiger partial charge in [0.25, 0.3) is 0 Å². The Kier molecular flexibility index (Phi) is 4.44. The van der Waals surface area contributed by atoms with Crippen molar-refractivity contribution in [2.45, 2.75) is 0 Å². The molecule has 0 bridgehead atoms. The van der Waals surface area contributed by atoms with Crippen LogP contribution in [0.2, 0.25) is 0 Å². The smallest absolute Gasteiger partial charge is 0.222 e. The van der Waals surface area contributed by atoms with E-state index in [-0.39, 0.29) is 5.78 Å². The summed E-state index contributed by atoms with van der Waals surface area (Å²) in [5.41, 5.74) is 0.704. The molecule has 1 aromatic heterocycles. The molecule has 0 atom stereocenters. The highest BCUT2D eigenvalue weighted by molar-refractivity contribution is 6.02. The minimum Gasteiger partial charge on any atom is -0.497 e. The van der Waals surface area contributed by atoms with Crippen LogP contribution < -0.4 is 14.8 Å². The number of carbonyl (C=O) groups excluding carboxylic acids is 1. The molecule has 0 spiro atoms. The van der Waals surface area contributed by atoms with Gasteiger partial charge in [0.2, 0.25) is 5.78 Å². The molecule has 0 fully saturated rings. The number of nitrogens with one attached hydrogen (secondary N) is 1. The van der Waals surface area contributed by atoms with Crippen molar-refractivity contribution in [2.24, 2.45) is 0 Å². The fourth-order valence-corrected chi connectivity index (χ4v) is 1.63. The quantitative estimate of drug-likeness (QED) is 0.647. The second kappa shape index (κ2) is 6.47. The monoisotopic (exact) mass is 273 g/mol. The van der Waals surface area contributed by atoms with Crippen molar-refractivity contribution in [1.82, 2.24) is 0 Å². The van der Waals surface area contributed by atoms with Crippen LogP contribution in [0.4, 0.5) is 5.69 Å². The summed E-state index contributed by atoms with van der Waals surface area (Å²) >= 11 is 0. The van der Waals surface area contributed by atoms with E-state index in [1.807, 2.05) is 0 Å². The van der Waals surface area contributed by atoms with Crippen LogP contribution in [0, 0.1) is 0 Å². The molecule has 0 radical (unpaired) electrons. The Labute approximate surface area is 116 Å². The number of anilines is 1. The van der Waals surface area contributed by atoms with Gasteiger partial charge in [-0.15, -0.1) is 0 Å². The van der Waals surface area contributed by atoms with E-state index in [2.05, 4.69) is 5.32 Å². The zero-order valence-electron chi connectivity index (χ0n) is 11.3. The molecule has 1 heterocycles. The van der Waals surface area contributed by atoms with Gasteiger partial charge in [0.1, 0.15) is 11.5 Å². The number of methoxy groups -OCH3 is 2. The summed E-state index contributed by atoms with van der Waals surface area (Å²) in [5.74, 6) is 1.42. The van der Waals surface area contributed by atoms with Gasteiger partial charge in [0.05, 0.1) is 26.2 Å². The minimum absolute atomic E-state index is 0.218. The Hall–Kier alpha value is -2.69. The van der Waals surface area contributed by atoms with Crippen molar-refractivity contribution in [1.29, 1.82) is 0 Å². The lowest BCUT2D eigenvalue weighted by Gasteiger charge is -2.09. The van der Waals surface area contributed by atoms with Crippen LogP contribution in [0.15, 0.2) is 53.3 Å². The average Bonchev–Trinajstić information content (AvgIpc) is 3.01. The zero-order valence-corrected chi connectivity index (χ0v) is 11.3. The summed E-state index contributed by atoms with van der Waals surface area (Å²) in [6.07, 6.45) is 4.37. The molecule has 104 valence electrons. The standard InChI is InChI=1S/C15H15NO4/c1-18-11-5-6-14(19-2)12(10-11)16-8-7-13(17)15-4-3-9-20-15/h3-10,16H,1-2H3. The predicted molar refractivity (Wildman–Crippen MR) is 75.3 cm³/mol. The number of ketones is 1. The van der Waals surface area contributed by atoms with Gasteiger partial charge in [0.15, 0.2) is 5.76 Å². The number of rotatable bonds is 6. The van der Waals surface area contributed by atoms with E-state index in [0.29, 0.717) is 22.9 Å². The number of benzene rings is 1. The Morgan fingerprint density at radius 2 is 2.10 bits per heavy atom. The minimum atomic E-state index is -0.218. The van der Waals surface area contributed by atoms with E-state index in [4.69, 9.17) is 13.9 Å². The molecule has 0 unspecified atom stereocenters. The highest BCUT2D eigenvalue weighted by Crippen LogP contribution is 2.28. The van der Waals surface area contributed by atoms with Crippen LogP contribution in [0.3, 0.4) is 0 Å². The molecule has 1 N–H and O–H groups in total. The average molecular weight is 273 g/mol. The number of ether oxygens (including phenoxy) is 2. The van der Waals surface area contributed by atoms with E-state index in [1.165, 1.54) is 18.5 Å². The van der Waals surface area contributed by atoms with Gasteiger partial charge in [-0.2, -0.15) is 0 Å². The summed E-state index contributed by atoms with van der Waals surface area (Å²) in [5, 5.41) is 2.98. The van der Waals surface area contributed by atoms with Crippen molar-refractivity contribution < 1.29 is 18.7 Å². The summed E-state index contributed by atoms with van der Waals surface area (Å²) in [6, 6.07) is 8.63. The summed E-state index contributed by atoms with van der Waals surface area (Å²) in [4.78, 5) is 11.7. The third-order valence-electron chi connectivity index (χ3n) is 2.64. The largest absolute Gasteiger partial charge is 0.497 e. The lowest BCUT2D eigenvalue weighted by Crippen LogP contribution is -1.97. The Balaban J connectivity index is 2.08. The molecule has 1 aromatic carbocycles. The fraction of sp³-hybridized carbons (Fsp3) is 0.133. The molecule has 0 amide bonds. The zero-order chi connectivity index (χ0) is 14.4. The first kappa shape index (κ1) is 13.7. The normalized spacial score (nSPS) is 10.5. The van der Waals surface area contributed by atoms with Crippen LogP contribution in [0.5, 0.6) is 11.5 Å². The van der Waals surface area contributed by atoms with Crippen LogP contribution in [-0.2, 0) is 0 Å². The van der Waals surface area contributed by atoms with Gasteiger partial charge in [-0.05, 0) is 24.3 Å². The highest BCUT2D eigenvalue weighted by Gasteiger charge is 2.05. The Bertz CT molecular complexity index is 602. The summed E-state index contributed by atoms with van der Waals surface area (Å²) in [6.45, 7) is 0. The molecule has 0 aliphatic carbocycles. The molecular weight excluding hydrogens is 258 g/mol. The first-order chi connectivity index (χ1) is 9.74. The third-order valence-corrected chi connectivity index (χ3v) is 2.64. The van der Waals surface area contributed by atoms with Crippen molar-refractivity contribution in [3.63, 3.8) is 0 Å². The maximum Gasteiger partial charge on any atom is 0.222 e. The maximum absolute atomic E-state index is 11.7. The lowest BCUT2D eigenvalue weighted by atomic mass is 10.2. The Morgan fingerprint density at radius 3 is 2.75 bits per heavy atom. The second-order valence-electron chi connectivity index (χ2n) is 3.89. The van der Waals surface area contributed by atoms with Gasteiger partial charge >= 0.3 is 0 Å². The first-order valence-corrected chi connectivity index (χ1v) is 5.97. The van der Waals surface area contributed by atoms with Crippen molar-refractivity contribution >= 4 is 11.5 Å². The van der Waals surface area contributed by atoms with Crippen LogP contribution in [0.1, 0.15) is 10.6 Å². The van der Waals surface area contributed by atoms with Gasteiger partial charge < -0.3 is 19.2 Å². The van der Waals surface area contributed by atoms with Gasteiger partial charge in [0, 0.05) is 18.3 Å². The number of hydrogen-bond donors (Lipinski definition) is 1. The third kappa shape index (κ3) is 3.20. The molecule has 0 saturated heterocycles. The van der Waals surface area contributed by atoms with Crippen LogP contribution in [0.25, 0.3) is 0 Å². The summed E-state index contributed by atoms with van der Waals surface area (Å²) in [7, 11) is 3.16. The van der Waals surface area contributed by atoms with Gasteiger partial charge in [-0.1, -0.05) is 0 Å².